The van der Waals surface area contributed by atoms with E-state index in [4.69, 9.17) is 21.3 Å². The number of hydrogen-bond acceptors (Lipinski definition) is 4. The molecule has 5 nitrogen and oxygen atoms in total. The monoisotopic (exact) mass is 366 g/mol. The van der Waals surface area contributed by atoms with Crippen LogP contribution in [0.25, 0.3) is 22.3 Å². The van der Waals surface area contributed by atoms with Crippen molar-refractivity contribution in [3.63, 3.8) is 0 Å². The molecule has 0 N–H and O–H groups in total. The Hall–Kier alpha value is -2.66. The van der Waals surface area contributed by atoms with Gasteiger partial charge in [0.25, 0.3) is 5.56 Å². The fourth-order valence-corrected chi connectivity index (χ4v) is 4.13. The lowest BCUT2D eigenvalue weighted by Crippen LogP contribution is -2.40. The number of cyclic esters (lactones) is 1. The Balaban J connectivity index is 1.81. The minimum Gasteiger partial charge on any atom is -0.459 e. The number of carbonyl (C=O) groups excluding carboxylic acids is 1. The highest BCUT2D eigenvalue weighted by atomic mass is 35.5. The lowest BCUT2D eigenvalue weighted by Gasteiger charge is -2.31. The van der Waals surface area contributed by atoms with Gasteiger partial charge in [-0.2, -0.15) is 0 Å². The number of pyridine rings is 2. The quantitative estimate of drug-likeness (QED) is 0.383. The summed E-state index contributed by atoms with van der Waals surface area (Å²) in [7, 11) is 0. The Kier molecular flexibility index (Phi) is 3.10. The van der Waals surface area contributed by atoms with Crippen molar-refractivity contribution >= 4 is 28.5 Å². The summed E-state index contributed by atoms with van der Waals surface area (Å²) in [5.74, 6) is -0.497. The molecule has 0 radical (unpaired) electrons. The lowest BCUT2D eigenvalue weighted by atomic mass is 9.89. The molecule has 0 bridgehead atoms. The van der Waals surface area contributed by atoms with Crippen LogP contribution in [0.3, 0.4) is 0 Å². The van der Waals surface area contributed by atoms with E-state index in [0.717, 1.165) is 22.2 Å². The second-order valence-electron chi connectivity index (χ2n) is 6.73. The van der Waals surface area contributed by atoms with Crippen molar-refractivity contribution in [2.45, 2.75) is 31.4 Å². The van der Waals surface area contributed by atoms with Crippen LogP contribution >= 0.6 is 11.6 Å². The van der Waals surface area contributed by atoms with Gasteiger partial charge < -0.3 is 9.30 Å². The number of nitrogens with zero attached hydrogens (tertiary/aromatic N) is 2. The maximum Gasteiger partial charge on any atom is 0.332 e. The van der Waals surface area contributed by atoms with Crippen LogP contribution in [-0.2, 0) is 27.6 Å². The van der Waals surface area contributed by atoms with Gasteiger partial charge in [-0.1, -0.05) is 25.1 Å². The minimum atomic E-state index is -1.32. The molecule has 6 heteroatoms. The molecule has 0 saturated carbocycles. The van der Waals surface area contributed by atoms with Crippen LogP contribution in [0.15, 0.2) is 41.2 Å². The van der Waals surface area contributed by atoms with Crippen molar-refractivity contribution in [3.05, 3.63) is 63.4 Å². The number of hydrogen-bond donors (Lipinski definition) is 0. The van der Waals surface area contributed by atoms with Crippen LogP contribution in [-0.4, -0.2) is 15.5 Å². The molecule has 2 aliphatic heterocycles. The summed E-state index contributed by atoms with van der Waals surface area (Å²) in [5, 5.41) is 1.04. The van der Waals surface area contributed by atoms with E-state index in [1.54, 1.807) is 4.57 Å². The SMILES string of the molecule is CC[C@]1(Cl)C(=O)OCc2c1cc1n(c2=O)Cc2cc3ccccc3nc2-1. The number of halogens is 1. The standard InChI is InChI=1S/C20H15ClN2O3/c1-2-20(21)14-8-16-17-12(7-11-5-3-4-6-15(11)22-17)9-23(16)18(24)13(14)10-26-19(20)25/h3-8H,2,9-10H2,1H3/t20-/m1/s1. The molecule has 0 unspecified atom stereocenters. The highest BCUT2D eigenvalue weighted by molar-refractivity contribution is 6.34. The molecular weight excluding hydrogens is 352 g/mol. The Labute approximate surface area is 154 Å². The predicted octanol–water partition coefficient (Wildman–Crippen LogP) is 3.33. The largest absolute Gasteiger partial charge is 0.459 e. The number of alkyl halides is 1. The van der Waals surface area contributed by atoms with Crippen LogP contribution < -0.4 is 5.56 Å². The summed E-state index contributed by atoms with van der Waals surface area (Å²) in [4.78, 5) is 28.8. The van der Waals surface area contributed by atoms with Gasteiger partial charge in [-0.05, 0) is 30.2 Å². The number of ether oxygens (including phenoxy) is 1. The Morgan fingerprint density at radius 2 is 2.08 bits per heavy atom. The number of carbonyl (C=O) groups is 1. The van der Waals surface area contributed by atoms with E-state index < -0.39 is 10.8 Å². The van der Waals surface area contributed by atoms with Crippen molar-refractivity contribution in [2.75, 3.05) is 0 Å². The van der Waals surface area contributed by atoms with E-state index in [2.05, 4.69) is 6.07 Å². The molecule has 2 aliphatic rings. The smallest absolute Gasteiger partial charge is 0.332 e. The molecule has 0 saturated heterocycles. The van der Waals surface area contributed by atoms with E-state index in [-0.39, 0.29) is 12.2 Å². The summed E-state index contributed by atoms with van der Waals surface area (Å²) >= 11 is 6.59. The summed E-state index contributed by atoms with van der Waals surface area (Å²) in [6.07, 6.45) is 0.349. The predicted molar refractivity (Wildman–Crippen MR) is 98.2 cm³/mol. The fourth-order valence-electron chi connectivity index (χ4n) is 3.90. The molecule has 3 aromatic rings. The molecule has 26 heavy (non-hydrogen) atoms. The highest BCUT2D eigenvalue weighted by Crippen LogP contribution is 2.42. The Morgan fingerprint density at radius 1 is 1.27 bits per heavy atom. The number of para-hydroxylation sites is 1. The molecule has 5 rings (SSSR count). The number of esters is 1. The van der Waals surface area contributed by atoms with Gasteiger partial charge in [0, 0.05) is 10.9 Å². The second kappa shape index (κ2) is 5.17. The lowest BCUT2D eigenvalue weighted by molar-refractivity contribution is -0.150. The number of benzene rings is 1. The van der Waals surface area contributed by atoms with Crippen molar-refractivity contribution in [3.8, 4) is 11.4 Å². The first-order chi connectivity index (χ1) is 12.5. The van der Waals surface area contributed by atoms with Gasteiger partial charge in [0.05, 0.1) is 29.0 Å². The molecule has 0 fully saturated rings. The van der Waals surface area contributed by atoms with Crippen molar-refractivity contribution in [2.24, 2.45) is 0 Å². The molecular formula is C20H15ClN2O3. The van der Waals surface area contributed by atoms with Gasteiger partial charge in [-0.25, -0.2) is 9.78 Å². The van der Waals surface area contributed by atoms with Crippen LogP contribution in [0.1, 0.15) is 30.0 Å². The molecule has 0 amide bonds. The molecule has 4 heterocycles. The van der Waals surface area contributed by atoms with Crippen molar-refractivity contribution in [1.82, 2.24) is 9.55 Å². The molecule has 130 valence electrons. The van der Waals surface area contributed by atoms with Crippen molar-refractivity contribution in [1.29, 1.82) is 0 Å². The topological polar surface area (TPSA) is 61.2 Å². The summed E-state index contributed by atoms with van der Waals surface area (Å²) in [6.45, 7) is 2.24. The molecule has 0 aliphatic carbocycles. The van der Waals surface area contributed by atoms with Gasteiger partial charge in [-0.3, -0.25) is 4.79 Å². The van der Waals surface area contributed by atoms with Crippen molar-refractivity contribution < 1.29 is 9.53 Å². The summed E-state index contributed by atoms with van der Waals surface area (Å²) in [6, 6.07) is 11.8. The third kappa shape index (κ3) is 1.89. The summed E-state index contributed by atoms with van der Waals surface area (Å²) in [5.41, 5.74) is 4.20. The third-order valence-electron chi connectivity index (χ3n) is 5.36. The van der Waals surface area contributed by atoms with Gasteiger partial charge in [-0.15, -0.1) is 11.6 Å². The van der Waals surface area contributed by atoms with Gasteiger partial charge in [0.1, 0.15) is 6.61 Å². The molecule has 0 spiro atoms. The summed E-state index contributed by atoms with van der Waals surface area (Å²) < 4.78 is 6.89. The first kappa shape index (κ1) is 15.6. The van der Waals surface area contributed by atoms with Gasteiger partial charge in [0.15, 0.2) is 4.87 Å². The first-order valence-electron chi connectivity index (χ1n) is 8.55. The second-order valence-corrected chi connectivity index (χ2v) is 7.38. The van der Waals surface area contributed by atoms with Gasteiger partial charge >= 0.3 is 5.97 Å². The number of aromatic nitrogens is 2. The molecule has 1 atom stereocenters. The average Bonchev–Trinajstić information content (AvgIpc) is 3.01. The van der Waals surface area contributed by atoms with Crippen LogP contribution in [0, 0.1) is 0 Å². The van der Waals surface area contributed by atoms with Crippen LogP contribution in [0.4, 0.5) is 0 Å². The van der Waals surface area contributed by atoms with Crippen LogP contribution in [0.5, 0.6) is 0 Å². The van der Waals surface area contributed by atoms with E-state index >= 15 is 0 Å². The Morgan fingerprint density at radius 3 is 2.88 bits per heavy atom. The third-order valence-corrected chi connectivity index (χ3v) is 5.98. The van der Waals surface area contributed by atoms with E-state index in [0.29, 0.717) is 29.8 Å². The minimum absolute atomic E-state index is 0.0342. The first-order valence-corrected chi connectivity index (χ1v) is 8.93. The Bertz CT molecular complexity index is 1170. The van der Waals surface area contributed by atoms with E-state index in [9.17, 15) is 9.59 Å². The zero-order chi connectivity index (χ0) is 18.1. The highest BCUT2D eigenvalue weighted by Gasteiger charge is 2.45. The fraction of sp³-hybridized carbons (Fsp3) is 0.250. The van der Waals surface area contributed by atoms with E-state index in [1.165, 1.54) is 0 Å². The molecule has 2 aromatic heterocycles. The maximum atomic E-state index is 13.1. The zero-order valence-electron chi connectivity index (χ0n) is 14.1. The van der Waals surface area contributed by atoms with Crippen LogP contribution in [0.2, 0.25) is 0 Å². The number of rotatable bonds is 1. The van der Waals surface area contributed by atoms with Gasteiger partial charge in [0.2, 0.25) is 0 Å². The molecule has 1 aromatic carbocycles. The number of fused-ring (bicyclic) bond motifs is 5. The van der Waals surface area contributed by atoms with E-state index in [1.807, 2.05) is 37.3 Å². The normalized spacial score (nSPS) is 20.5. The average molecular weight is 367 g/mol. The zero-order valence-corrected chi connectivity index (χ0v) is 14.8. The maximum absolute atomic E-state index is 13.1.